The maximum atomic E-state index is 12.7. The Hall–Kier alpha value is -3.29. The molecule has 0 heterocycles. The van der Waals surface area contributed by atoms with Gasteiger partial charge in [-0.3, -0.25) is 0 Å². The highest BCUT2D eigenvalue weighted by molar-refractivity contribution is 5.81. The number of halogens is 1. The van der Waals surface area contributed by atoms with Crippen molar-refractivity contribution in [2.24, 2.45) is 0 Å². The van der Waals surface area contributed by atoms with Crippen LogP contribution in [-0.2, 0) is 27.3 Å². The molecule has 7 nitrogen and oxygen atoms in total. The van der Waals surface area contributed by atoms with E-state index in [-0.39, 0.29) is 13.0 Å². The normalized spacial score (nSPS) is 11.9. The molecule has 0 aromatic heterocycles. The number of amides is 1. The molecule has 0 spiro atoms. The molecule has 1 atom stereocenters. The molecule has 2 aromatic carbocycles. The van der Waals surface area contributed by atoms with Crippen molar-refractivity contribution in [1.82, 2.24) is 5.32 Å². The molecular formula is C23H28FNO6. The summed E-state index contributed by atoms with van der Waals surface area (Å²) >= 11 is 0. The number of esters is 1. The lowest BCUT2D eigenvalue weighted by atomic mass is 10.1. The van der Waals surface area contributed by atoms with Crippen molar-refractivity contribution in [1.29, 1.82) is 0 Å². The topological polar surface area (TPSA) is 83.1 Å². The van der Waals surface area contributed by atoms with E-state index in [1.165, 1.54) is 0 Å². The first kappa shape index (κ1) is 24.0. The van der Waals surface area contributed by atoms with Crippen LogP contribution in [0.3, 0.4) is 0 Å². The third kappa shape index (κ3) is 8.54. The number of alkyl halides is 1. The fraction of sp³-hybridized carbons (Fsp3) is 0.391. The first-order chi connectivity index (χ1) is 14.7. The second-order valence-electron chi connectivity index (χ2n) is 7.76. The van der Waals surface area contributed by atoms with E-state index in [1.807, 2.05) is 0 Å². The number of hydrogen-bond donors (Lipinski definition) is 1. The smallest absolute Gasteiger partial charge is 0.408 e. The standard InChI is InChI=1S/C23H28FNO6/c1-23(2,3)31-22(27)25-20(13-16-5-11-19(12-6-16)30-15-24)21(26)29-14-17-7-9-18(28-4)10-8-17/h5-12,20H,13-15H2,1-4H3,(H,25,27)/t20-/m1/s1/i24-1. The van der Waals surface area contributed by atoms with Crippen LogP contribution >= 0.6 is 0 Å². The molecule has 168 valence electrons. The number of nitrogens with one attached hydrogen (secondary N) is 1. The molecule has 0 aliphatic rings. The lowest BCUT2D eigenvalue weighted by molar-refractivity contribution is -0.147. The monoisotopic (exact) mass is 432 g/mol. The number of carbonyl (C=O) groups excluding carboxylic acids is 2. The second-order valence-corrected chi connectivity index (χ2v) is 7.76. The van der Waals surface area contributed by atoms with Crippen molar-refractivity contribution in [3.63, 3.8) is 0 Å². The number of carbonyl (C=O) groups is 2. The number of ether oxygens (including phenoxy) is 4. The zero-order chi connectivity index (χ0) is 22.9. The van der Waals surface area contributed by atoms with Gasteiger partial charge in [0.1, 0.15) is 29.7 Å². The average molecular weight is 432 g/mol. The molecule has 0 radical (unpaired) electrons. The molecule has 0 saturated carbocycles. The summed E-state index contributed by atoms with van der Waals surface area (Å²) in [6.45, 7) is 4.30. The van der Waals surface area contributed by atoms with Gasteiger partial charge in [-0.15, -0.1) is 0 Å². The molecule has 1 N–H and O–H groups in total. The Kier molecular flexibility index (Phi) is 8.66. The van der Waals surface area contributed by atoms with Crippen LogP contribution in [0.4, 0.5) is 9.18 Å². The van der Waals surface area contributed by atoms with Crippen LogP contribution in [0.2, 0.25) is 0 Å². The van der Waals surface area contributed by atoms with E-state index in [4.69, 9.17) is 18.9 Å². The van der Waals surface area contributed by atoms with Gasteiger partial charge < -0.3 is 24.3 Å². The fourth-order valence-corrected chi connectivity index (χ4v) is 2.64. The van der Waals surface area contributed by atoms with Crippen LogP contribution in [0.15, 0.2) is 48.5 Å². The summed E-state index contributed by atoms with van der Waals surface area (Å²) in [5.41, 5.74) is 0.791. The van der Waals surface area contributed by atoms with Crippen LogP contribution in [-0.4, -0.2) is 37.7 Å². The Labute approximate surface area is 181 Å². The molecule has 1 amide bonds. The molecule has 2 aromatic rings. The van der Waals surface area contributed by atoms with Crippen LogP contribution in [0.25, 0.3) is 0 Å². The molecule has 0 fully saturated rings. The minimum Gasteiger partial charge on any atom is -0.497 e. The van der Waals surface area contributed by atoms with Gasteiger partial charge in [-0.25, -0.2) is 14.0 Å². The summed E-state index contributed by atoms with van der Waals surface area (Å²) in [6, 6.07) is 12.7. The van der Waals surface area contributed by atoms with Gasteiger partial charge in [0.15, 0.2) is 0 Å². The molecule has 0 aliphatic carbocycles. The van der Waals surface area contributed by atoms with Crippen molar-refractivity contribution in [2.75, 3.05) is 14.0 Å². The van der Waals surface area contributed by atoms with Gasteiger partial charge in [0.25, 0.3) is 0 Å². The predicted molar refractivity (Wildman–Crippen MR) is 113 cm³/mol. The fourth-order valence-electron chi connectivity index (χ4n) is 2.64. The van der Waals surface area contributed by atoms with Gasteiger partial charge in [0.2, 0.25) is 6.86 Å². The van der Waals surface area contributed by atoms with Gasteiger partial charge in [-0.2, -0.15) is 0 Å². The zero-order valence-electron chi connectivity index (χ0n) is 18.1. The number of rotatable bonds is 9. The highest BCUT2D eigenvalue weighted by Crippen LogP contribution is 2.16. The highest BCUT2D eigenvalue weighted by atomic mass is 18.2. The van der Waals surface area contributed by atoms with Crippen LogP contribution in [0, 0.1) is 0 Å². The summed E-state index contributed by atoms with van der Waals surface area (Å²) in [4.78, 5) is 25.0. The Bertz CT molecular complexity index is 846. The highest BCUT2D eigenvalue weighted by Gasteiger charge is 2.26. The van der Waals surface area contributed by atoms with Crippen molar-refractivity contribution in [3.8, 4) is 11.5 Å². The Morgan fingerprint density at radius 2 is 1.55 bits per heavy atom. The third-order valence-electron chi connectivity index (χ3n) is 4.10. The van der Waals surface area contributed by atoms with Crippen molar-refractivity contribution in [2.45, 2.75) is 45.4 Å². The minimum atomic E-state index is -0.971. The second kappa shape index (κ2) is 11.2. The molecule has 0 bridgehead atoms. The third-order valence-corrected chi connectivity index (χ3v) is 4.10. The summed E-state index contributed by atoms with van der Waals surface area (Å²) in [6.07, 6.45) is -0.562. The molecule has 0 unspecified atom stereocenters. The van der Waals surface area contributed by atoms with Crippen molar-refractivity contribution >= 4 is 12.1 Å². The zero-order valence-corrected chi connectivity index (χ0v) is 18.1. The van der Waals surface area contributed by atoms with E-state index < -0.39 is 30.6 Å². The molecule has 8 heteroatoms. The van der Waals surface area contributed by atoms with Crippen LogP contribution in [0.5, 0.6) is 11.5 Å². The minimum absolute atomic E-state index is 0.0403. The van der Waals surface area contributed by atoms with Crippen LogP contribution < -0.4 is 14.8 Å². The van der Waals surface area contributed by atoms with Crippen LogP contribution in [0.1, 0.15) is 31.9 Å². The quantitative estimate of drug-likeness (QED) is 0.599. The molecule has 0 saturated heterocycles. The summed E-state index contributed by atoms with van der Waals surface area (Å²) in [7, 11) is 1.57. The van der Waals surface area contributed by atoms with Gasteiger partial charge >= 0.3 is 12.1 Å². The van der Waals surface area contributed by atoms with Gasteiger partial charge in [0, 0.05) is 6.42 Å². The molecular weight excluding hydrogens is 404 g/mol. The molecule has 31 heavy (non-hydrogen) atoms. The Morgan fingerprint density at radius 1 is 0.968 bits per heavy atom. The van der Waals surface area contributed by atoms with E-state index in [1.54, 1.807) is 76.4 Å². The van der Waals surface area contributed by atoms with E-state index in [2.05, 4.69) is 5.32 Å². The van der Waals surface area contributed by atoms with Crippen molar-refractivity contribution < 1.29 is 32.9 Å². The van der Waals surface area contributed by atoms with Gasteiger partial charge in [-0.1, -0.05) is 24.3 Å². The number of hydrogen-bond acceptors (Lipinski definition) is 6. The number of alkyl carbamates (subject to hydrolysis) is 1. The maximum Gasteiger partial charge on any atom is 0.408 e. The largest absolute Gasteiger partial charge is 0.497 e. The van der Waals surface area contributed by atoms with E-state index in [9.17, 15) is 14.0 Å². The SMILES string of the molecule is COc1ccc(COC(=O)[C@@H](Cc2ccc(OC[18F])cc2)NC(=O)OC(C)(C)C)cc1. The molecule has 2 rings (SSSR count). The Balaban J connectivity index is 2.07. The Morgan fingerprint density at radius 3 is 2.10 bits per heavy atom. The number of benzene rings is 2. The van der Waals surface area contributed by atoms with E-state index >= 15 is 0 Å². The summed E-state index contributed by atoms with van der Waals surface area (Å²) < 4.78 is 32.8. The van der Waals surface area contributed by atoms with Gasteiger partial charge in [-0.05, 0) is 56.2 Å². The predicted octanol–water partition coefficient (Wildman–Crippen LogP) is 4.18. The lowest BCUT2D eigenvalue weighted by Gasteiger charge is -2.23. The van der Waals surface area contributed by atoms with Gasteiger partial charge in [0.05, 0.1) is 7.11 Å². The average Bonchev–Trinajstić information content (AvgIpc) is 2.72. The first-order valence-electron chi connectivity index (χ1n) is 9.77. The number of methoxy groups -OCH3 is 1. The van der Waals surface area contributed by atoms with E-state index in [0.717, 1.165) is 11.1 Å². The summed E-state index contributed by atoms with van der Waals surface area (Å²) in [5.74, 6) is 0.454. The first-order valence-corrected chi connectivity index (χ1v) is 9.77. The lowest BCUT2D eigenvalue weighted by Crippen LogP contribution is -2.45. The molecule has 0 aliphatic heterocycles. The summed E-state index contributed by atoms with van der Waals surface area (Å²) in [5, 5.41) is 2.57. The van der Waals surface area contributed by atoms with Crippen molar-refractivity contribution in [3.05, 3.63) is 59.7 Å². The maximum absolute atomic E-state index is 12.7. The van der Waals surface area contributed by atoms with E-state index in [0.29, 0.717) is 11.5 Å².